The zero-order valence-corrected chi connectivity index (χ0v) is 14.4. The Morgan fingerprint density at radius 3 is 2.56 bits per heavy atom. The maximum Gasteiger partial charge on any atom is 0.255 e. The number of benzene rings is 1. The van der Waals surface area contributed by atoms with Gasteiger partial charge in [-0.3, -0.25) is 14.5 Å². The fraction of sp³-hybridized carbons (Fsp3) is 0.368. The van der Waals surface area contributed by atoms with Crippen molar-refractivity contribution in [1.29, 1.82) is 0 Å². The Balaban J connectivity index is 1.58. The summed E-state index contributed by atoms with van der Waals surface area (Å²) in [6.45, 7) is 6.43. The van der Waals surface area contributed by atoms with Crippen LogP contribution in [0.2, 0.25) is 0 Å². The van der Waals surface area contributed by atoms with Gasteiger partial charge in [0.25, 0.3) is 5.91 Å². The van der Waals surface area contributed by atoms with E-state index in [-0.39, 0.29) is 11.5 Å². The minimum absolute atomic E-state index is 0.0365. The number of nitrogens with zero attached hydrogens (tertiary/aromatic N) is 2. The lowest BCUT2D eigenvalue weighted by atomic mass is 10.1. The van der Waals surface area contributed by atoms with Crippen molar-refractivity contribution >= 4 is 5.91 Å². The van der Waals surface area contributed by atoms with Crippen LogP contribution in [-0.4, -0.2) is 53.5 Å². The highest BCUT2D eigenvalue weighted by atomic mass is 16.5. The van der Waals surface area contributed by atoms with Gasteiger partial charge in [0.15, 0.2) is 0 Å². The average Bonchev–Trinajstić information content (AvgIpc) is 2.64. The second kappa shape index (κ2) is 7.98. The molecule has 0 bridgehead atoms. The molecule has 1 fully saturated rings. The number of hydrogen-bond donors (Lipinski definition) is 1. The van der Waals surface area contributed by atoms with Crippen molar-refractivity contribution in [2.24, 2.45) is 0 Å². The molecule has 1 aromatic heterocycles. The van der Waals surface area contributed by atoms with Gasteiger partial charge in [-0.25, -0.2) is 0 Å². The molecule has 6 nitrogen and oxygen atoms in total. The molecule has 1 aliphatic rings. The largest absolute Gasteiger partial charge is 0.494 e. The zero-order valence-electron chi connectivity index (χ0n) is 14.4. The number of aromatic amines is 1. The molecule has 0 radical (unpaired) electrons. The van der Waals surface area contributed by atoms with Crippen molar-refractivity contribution < 1.29 is 9.53 Å². The summed E-state index contributed by atoms with van der Waals surface area (Å²) in [5, 5.41) is 0. The maximum absolute atomic E-state index is 12.5. The van der Waals surface area contributed by atoms with E-state index < -0.39 is 0 Å². The summed E-state index contributed by atoms with van der Waals surface area (Å²) in [7, 11) is 0. The third-order valence-corrected chi connectivity index (χ3v) is 4.36. The Morgan fingerprint density at radius 1 is 1.12 bits per heavy atom. The molecule has 6 heteroatoms. The van der Waals surface area contributed by atoms with E-state index in [9.17, 15) is 9.59 Å². The number of rotatable bonds is 5. The van der Waals surface area contributed by atoms with E-state index in [1.54, 1.807) is 6.07 Å². The van der Waals surface area contributed by atoms with Gasteiger partial charge in [-0.1, -0.05) is 18.2 Å². The molecular weight excluding hydrogens is 318 g/mol. The first-order valence-electron chi connectivity index (χ1n) is 8.58. The lowest BCUT2D eigenvalue weighted by molar-refractivity contribution is 0.0626. The van der Waals surface area contributed by atoms with Gasteiger partial charge < -0.3 is 14.6 Å². The third kappa shape index (κ3) is 4.28. The highest BCUT2D eigenvalue weighted by molar-refractivity contribution is 5.93. The van der Waals surface area contributed by atoms with Crippen LogP contribution >= 0.6 is 0 Å². The Labute approximate surface area is 147 Å². The summed E-state index contributed by atoms with van der Waals surface area (Å²) in [5.41, 5.74) is 1.49. The topological polar surface area (TPSA) is 65.6 Å². The minimum Gasteiger partial charge on any atom is -0.494 e. The summed E-state index contributed by atoms with van der Waals surface area (Å²) in [6.07, 6.45) is 1.48. The van der Waals surface area contributed by atoms with Gasteiger partial charge in [0.1, 0.15) is 5.75 Å². The van der Waals surface area contributed by atoms with Crippen LogP contribution in [0, 0.1) is 0 Å². The van der Waals surface area contributed by atoms with Crippen LogP contribution in [0.3, 0.4) is 0 Å². The van der Waals surface area contributed by atoms with Gasteiger partial charge in [0.05, 0.1) is 12.2 Å². The first-order valence-corrected chi connectivity index (χ1v) is 8.58. The summed E-state index contributed by atoms with van der Waals surface area (Å²) >= 11 is 0. The minimum atomic E-state index is -0.200. The van der Waals surface area contributed by atoms with Crippen LogP contribution in [0.25, 0.3) is 0 Å². The molecule has 2 aromatic rings. The molecule has 3 rings (SSSR count). The predicted octanol–water partition coefficient (Wildman–Crippen LogP) is 1.73. The number of pyridine rings is 1. The van der Waals surface area contributed by atoms with Gasteiger partial charge >= 0.3 is 0 Å². The number of H-pyrrole nitrogens is 1. The van der Waals surface area contributed by atoms with Crippen molar-refractivity contribution in [3.05, 3.63) is 64.1 Å². The molecular formula is C19H23N3O3. The molecule has 0 saturated carbocycles. The standard InChI is InChI=1S/C19H23N3O3/c1-2-25-17-6-4-3-5-16(17)14-21-9-11-22(12-10-21)19(24)15-7-8-18(23)20-13-15/h3-8,13H,2,9-12,14H2,1H3,(H,20,23). The van der Waals surface area contributed by atoms with Crippen LogP contribution in [0.1, 0.15) is 22.8 Å². The molecule has 1 N–H and O–H groups in total. The fourth-order valence-corrected chi connectivity index (χ4v) is 3.01. The molecule has 2 heterocycles. The Bertz CT molecular complexity index is 759. The van der Waals surface area contributed by atoms with Gasteiger partial charge in [0, 0.05) is 50.6 Å². The number of carbonyl (C=O) groups is 1. The van der Waals surface area contributed by atoms with Crippen molar-refractivity contribution in [2.75, 3.05) is 32.8 Å². The lowest BCUT2D eigenvalue weighted by Crippen LogP contribution is -2.48. The number of aromatic nitrogens is 1. The monoisotopic (exact) mass is 341 g/mol. The first-order chi connectivity index (χ1) is 12.2. The average molecular weight is 341 g/mol. The lowest BCUT2D eigenvalue weighted by Gasteiger charge is -2.35. The molecule has 0 unspecified atom stereocenters. The number of amides is 1. The molecule has 1 amide bonds. The molecule has 1 aromatic carbocycles. The fourth-order valence-electron chi connectivity index (χ4n) is 3.01. The highest BCUT2D eigenvalue weighted by Gasteiger charge is 2.22. The molecule has 0 aliphatic carbocycles. The predicted molar refractivity (Wildman–Crippen MR) is 95.9 cm³/mol. The van der Waals surface area contributed by atoms with E-state index in [0.717, 1.165) is 25.4 Å². The number of carbonyl (C=O) groups excluding carboxylic acids is 1. The molecule has 1 aliphatic heterocycles. The summed E-state index contributed by atoms with van der Waals surface area (Å²) in [4.78, 5) is 30.3. The van der Waals surface area contributed by atoms with Crippen molar-refractivity contribution in [2.45, 2.75) is 13.5 Å². The van der Waals surface area contributed by atoms with Crippen LogP contribution in [0.15, 0.2) is 47.4 Å². The second-order valence-electron chi connectivity index (χ2n) is 6.05. The van der Waals surface area contributed by atoms with Crippen LogP contribution in [-0.2, 0) is 6.54 Å². The van der Waals surface area contributed by atoms with E-state index in [4.69, 9.17) is 4.74 Å². The van der Waals surface area contributed by atoms with E-state index in [1.807, 2.05) is 30.0 Å². The Morgan fingerprint density at radius 2 is 1.88 bits per heavy atom. The van der Waals surface area contributed by atoms with Crippen LogP contribution < -0.4 is 10.3 Å². The van der Waals surface area contributed by atoms with Crippen molar-refractivity contribution in [3.63, 3.8) is 0 Å². The Hall–Kier alpha value is -2.60. The van der Waals surface area contributed by atoms with E-state index in [0.29, 0.717) is 25.3 Å². The summed E-state index contributed by atoms with van der Waals surface area (Å²) in [5.74, 6) is 0.891. The SMILES string of the molecule is CCOc1ccccc1CN1CCN(C(=O)c2ccc(=O)[nH]c2)CC1. The van der Waals surface area contributed by atoms with Gasteiger partial charge in [-0.2, -0.15) is 0 Å². The number of hydrogen-bond acceptors (Lipinski definition) is 4. The second-order valence-corrected chi connectivity index (χ2v) is 6.05. The quantitative estimate of drug-likeness (QED) is 0.899. The number of para-hydroxylation sites is 1. The van der Waals surface area contributed by atoms with Crippen molar-refractivity contribution in [3.8, 4) is 5.75 Å². The first kappa shape index (κ1) is 17.2. The third-order valence-electron chi connectivity index (χ3n) is 4.36. The van der Waals surface area contributed by atoms with Crippen molar-refractivity contribution in [1.82, 2.24) is 14.8 Å². The molecule has 0 atom stereocenters. The number of piperazine rings is 1. The van der Waals surface area contributed by atoms with Crippen LogP contribution in [0.5, 0.6) is 5.75 Å². The van der Waals surface area contributed by atoms with E-state index >= 15 is 0 Å². The van der Waals surface area contributed by atoms with E-state index in [2.05, 4.69) is 16.0 Å². The zero-order chi connectivity index (χ0) is 17.6. The highest BCUT2D eigenvalue weighted by Crippen LogP contribution is 2.20. The molecule has 25 heavy (non-hydrogen) atoms. The van der Waals surface area contributed by atoms with Gasteiger partial charge in [-0.05, 0) is 19.1 Å². The summed E-state index contributed by atoms with van der Waals surface area (Å²) in [6, 6.07) is 11.0. The number of ether oxygens (including phenoxy) is 1. The Kier molecular flexibility index (Phi) is 5.50. The number of nitrogens with one attached hydrogen (secondary N) is 1. The molecule has 0 spiro atoms. The maximum atomic E-state index is 12.5. The van der Waals surface area contributed by atoms with Gasteiger partial charge in [-0.15, -0.1) is 0 Å². The molecule has 1 saturated heterocycles. The van der Waals surface area contributed by atoms with Crippen LogP contribution in [0.4, 0.5) is 0 Å². The van der Waals surface area contributed by atoms with Gasteiger partial charge in [0.2, 0.25) is 5.56 Å². The normalized spacial score (nSPS) is 15.2. The molecule has 132 valence electrons. The smallest absolute Gasteiger partial charge is 0.255 e. The van der Waals surface area contributed by atoms with E-state index in [1.165, 1.54) is 17.8 Å². The summed E-state index contributed by atoms with van der Waals surface area (Å²) < 4.78 is 5.69.